The number of carbonyl (C=O) groups is 1. The van der Waals surface area contributed by atoms with Gasteiger partial charge in [-0.05, 0) is 13.8 Å². The number of rotatable bonds is 5. The Balaban J connectivity index is 3.18. The fourth-order valence-corrected chi connectivity index (χ4v) is 5.37. The third kappa shape index (κ3) is 3.12. The van der Waals surface area contributed by atoms with E-state index in [4.69, 9.17) is 9.05 Å². The highest BCUT2D eigenvalue weighted by Crippen LogP contribution is 2.60. The summed E-state index contributed by atoms with van der Waals surface area (Å²) in [4.78, 5) is 15.2. The largest absolute Gasteiger partial charge is 0.353 e. The topological polar surface area (TPSA) is 59.1 Å². The van der Waals surface area contributed by atoms with E-state index < -0.39 is 13.4 Å². The molecule has 1 rings (SSSR count). The van der Waals surface area contributed by atoms with E-state index in [1.165, 1.54) is 4.90 Å². The van der Waals surface area contributed by atoms with E-state index in [-0.39, 0.29) is 11.4 Å². The van der Waals surface area contributed by atoms with Crippen LogP contribution in [0.5, 0.6) is 0 Å². The maximum Gasteiger partial charge on any atom is 0.353 e. The van der Waals surface area contributed by atoms with Gasteiger partial charge >= 0.3 is 13.6 Å². The summed E-state index contributed by atoms with van der Waals surface area (Å²) in [6, 6.07) is -0.163. The Labute approximate surface area is 115 Å². The quantitative estimate of drug-likeness (QED) is 0.731. The van der Waals surface area contributed by atoms with Crippen molar-refractivity contribution in [3.05, 3.63) is 0 Å². The first-order valence-corrected chi connectivity index (χ1v) is 8.17. The molecule has 0 aliphatic carbocycles. The second-order valence-electron chi connectivity index (χ2n) is 5.49. The highest BCUT2D eigenvalue weighted by molar-refractivity contribution is 7.54. The second kappa shape index (κ2) is 5.81. The summed E-state index contributed by atoms with van der Waals surface area (Å²) in [5.41, 5.74) is -0.378. The predicted molar refractivity (Wildman–Crippen MR) is 74.2 cm³/mol. The van der Waals surface area contributed by atoms with Crippen LogP contribution in [0.1, 0.15) is 27.7 Å². The van der Waals surface area contributed by atoms with E-state index >= 15 is 0 Å². The van der Waals surface area contributed by atoms with Crippen molar-refractivity contribution < 1.29 is 18.4 Å². The second-order valence-corrected chi connectivity index (χ2v) is 7.57. The molecule has 0 aromatic rings. The van der Waals surface area contributed by atoms with Crippen LogP contribution in [0.3, 0.4) is 0 Å². The zero-order chi connectivity index (χ0) is 14.8. The maximum atomic E-state index is 13.0. The Morgan fingerprint density at radius 1 is 1.26 bits per heavy atom. The van der Waals surface area contributed by atoms with Crippen LogP contribution < -0.4 is 0 Å². The fraction of sp³-hybridized carbons (Fsp3) is 0.917. The number of carbonyl (C=O) groups excluding carboxylic acids is 1. The first-order chi connectivity index (χ1) is 8.69. The molecule has 1 unspecified atom stereocenters. The van der Waals surface area contributed by atoms with Gasteiger partial charge in [0.1, 0.15) is 5.78 Å². The molecule has 0 aromatic carbocycles. The van der Waals surface area contributed by atoms with Crippen LogP contribution in [0.4, 0.5) is 4.79 Å². The van der Waals surface area contributed by atoms with Crippen LogP contribution in [0, 0.1) is 5.41 Å². The van der Waals surface area contributed by atoms with E-state index in [0.717, 1.165) is 0 Å². The lowest BCUT2D eigenvalue weighted by atomic mass is 9.90. The highest BCUT2D eigenvalue weighted by atomic mass is 31.2. The minimum atomic E-state index is -3.36. The van der Waals surface area contributed by atoms with Crippen molar-refractivity contribution in [1.29, 1.82) is 0 Å². The van der Waals surface area contributed by atoms with Crippen molar-refractivity contribution in [2.24, 2.45) is 5.41 Å². The van der Waals surface area contributed by atoms with Crippen molar-refractivity contribution in [3.63, 3.8) is 0 Å². The van der Waals surface area contributed by atoms with Gasteiger partial charge in [-0.1, -0.05) is 13.8 Å². The molecule has 0 saturated carbocycles. The lowest BCUT2D eigenvalue weighted by Gasteiger charge is -2.49. The van der Waals surface area contributed by atoms with E-state index in [1.807, 2.05) is 13.8 Å². The van der Waals surface area contributed by atoms with E-state index in [2.05, 4.69) is 0 Å². The van der Waals surface area contributed by atoms with Gasteiger partial charge in [0.15, 0.2) is 0 Å². The standard InChI is InChI=1S/C12H25N2O4P/c1-7-17-19(16,18-8-2)10-12(3,4)9-13(5)11(15)14(10)6/h10H,7-9H2,1-6H3. The van der Waals surface area contributed by atoms with Crippen LogP contribution in [0.2, 0.25) is 0 Å². The fourth-order valence-electron chi connectivity index (χ4n) is 2.84. The maximum absolute atomic E-state index is 13.0. The van der Waals surface area contributed by atoms with Gasteiger partial charge in [-0.25, -0.2) is 4.79 Å². The van der Waals surface area contributed by atoms with Crippen molar-refractivity contribution in [1.82, 2.24) is 9.80 Å². The molecule has 1 saturated heterocycles. The van der Waals surface area contributed by atoms with E-state index in [0.29, 0.717) is 19.8 Å². The van der Waals surface area contributed by atoms with Gasteiger partial charge in [0.2, 0.25) is 0 Å². The SMILES string of the molecule is CCOP(=O)(OCC)C1N(C)C(=O)N(C)CC1(C)C. The lowest BCUT2D eigenvalue weighted by molar-refractivity contribution is 0.0562. The van der Waals surface area contributed by atoms with E-state index in [1.54, 1.807) is 32.8 Å². The number of urea groups is 1. The summed E-state index contributed by atoms with van der Waals surface area (Å²) in [5.74, 6) is -0.566. The molecule has 112 valence electrons. The van der Waals surface area contributed by atoms with Gasteiger partial charge < -0.3 is 18.8 Å². The summed E-state index contributed by atoms with van der Waals surface area (Å²) in [7, 11) is 0.0292. The molecule has 2 amide bonds. The third-order valence-corrected chi connectivity index (χ3v) is 6.14. The first kappa shape index (κ1) is 16.5. The number of amides is 2. The first-order valence-electron chi connectivity index (χ1n) is 6.56. The predicted octanol–water partition coefficient (Wildman–Crippen LogP) is 2.60. The van der Waals surface area contributed by atoms with Crippen molar-refractivity contribution in [3.8, 4) is 0 Å². The zero-order valence-corrected chi connectivity index (χ0v) is 13.6. The Bertz CT molecular complexity index is 376. The molecule has 0 radical (unpaired) electrons. The molecular weight excluding hydrogens is 267 g/mol. The average molecular weight is 292 g/mol. The lowest BCUT2D eigenvalue weighted by Crippen LogP contribution is -2.60. The molecule has 0 spiro atoms. The minimum absolute atomic E-state index is 0.163. The third-order valence-electron chi connectivity index (χ3n) is 3.26. The van der Waals surface area contributed by atoms with Crippen molar-refractivity contribution >= 4 is 13.6 Å². The molecule has 19 heavy (non-hydrogen) atoms. The van der Waals surface area contributed by atoms with Gasteiger partial charge in [-0.15, -0.1) is 0 Å². The van der Waals surface area contributed by atoms with Gasteiger partial charge in [0.05, 0.1) is 13.2 Å². The summed E-state index contributed by atoms with van der Waals surface area (Å²) in [6.07, 6.45) is 0. The Hall–Kier alpha value is -0.580. The molecule has 1 aliphatic rings. The molecule has 7 heteroatoms. The van der Waals surface area contributed by atoms with E-state index in [9.17, 15) is 9.36 Å². The van der Waals surface area contributed by atoms with Crippen LogP contribution in [-0.4, -0.2) is 55.5 Å². The van der Waals surface area contributed by atoms with Crippen molar-refractivity contribution in [2.75, 3.05) is 33.9 Å². The molecule has 1 fully saturated rings. The normalized spacial score (nSPS) is 23.9. The summed E-state index contributed by atoms with van der Waals surface area (Å²) < 4.78 is 23.8. The Kier molecular flexibility index (Phi) is 5.04. The number of hydrogen-bond acceptors (Lipinski definition) is 4. The van der Waals surface area contributed by atoms with Crippen LogP contribution in [-0.2, 0) is 13.6 Å². The number of nitrogens with zero attached hydrogens (tertiary/aromatic N) is 2. The molecular formula is C12H25N2O4P. The average Bonchev–Trinajstić information content (AvgIpc) is 2.25. The molecule has 1 heterocycles. The Morgan fingerprint density at radius 3 is 2.16 bits per heavy atom. The molecule has 0 N–H and O–H groups in total. The molecule has 6 nitrogen and oxygen atoms in total. The monoisotopic (exact) mass is 292 g/mol. The van der Waals surface area contributed by atoms with Gasteiger partial charge in [0, 0.05) is 26.1 Å². The Morgan fingerprint density at radius 2 is 1.74 bits per heavy atom. The molecule has 0 bridgehead atoms. The molecule has 1 atom stereocenters. The van der Waals surface area contributed by atoms with Gasteiger partial charge in [0.25, 0.3) is 0 Å². The van der Waals surface area contributed by atoms with Gasteiger partial charge in [-0.2, -0.15) is 0 Å². The van der Waals surface area contributed by atoms with Crippen molar-refractivity contribution in [2.45, 2.75) is 33.5 Å². The number of hydrogen-bond donors (Lipinski definition) is 0. The van der Waals surface area contributed by atoms with Gasteiger partial charge in [-0.3, -0.25) is 4.57 Å². The minimum Gasteiger partial charge on any atom is -0.327 e. The summed E-state index contributed by atoms with van der Waals surface area (Å²) >= 11 is 0. The summed E-state index contributed by atoms with van der Waals surface area (Å²) in [5, 5.41) is 0. The summed E-state index contributed by atoms with van der Waals surface area (Å²) in [6.45, 7) is 8.60. The van der Waals surface area contributed by atoms with Crippen LogP contribution in [0.25, 0.3) is 0 Å². The highest BCUT2D eigenvalue weighted by Gasteiger charge is 2.53. The smallest absolute Gasteiger partial charge is 0.327 e. The van der Waals surface area contributed by atoms with Crippen LogP contribution >= 0.6 is 7.60 Å². The zero-order valence-electron chi connectivity index (χ0n) is 12.7. The molecule has 1 aliphatic heterocycles. The molecule has 0 aromatic heterocycles. The van der Waals surface area contributed by atoms with Crippen LogP contribution in [0.15, 0.2) is 0 Å².